The molecular formula is C22H17ClFNO5. The third-order valence-corrected chi connectivity index (χ3v) is 4.86. The van der Waals surface area contributed by atoms with Crippen molar-refractivity contribution < 1.29 is 23.5 Å². The average Bonchev–Trinajstić information content (AvgIpc) is 2.71. The summed E-state index contributed by atoms with van der Waals surface area (Å²) in [5, 5.41) is 0.498. The lowest BCUT2D eigenvalue weighted by molar-refractivity contribution is -0.153. The quantitative estimate of drug-likeness (QED) is 0.268. The van der Waals surface area contributed by atoms with Gasteiger partial charge in [0.05, 0.1) is 24.1 Å². The van der Waals surface area contributed by atoms with E-state index >= 15 is 0 Å². The molecule has 0 atom stereocenters. The number of fused-ring (bicyclic) bond motifs is 1. The molecule has 2 aromatic carbocycles. The van der Waals surface area contributed by atoms with Gasteiger partial charge in [-0.2, -0.15) is 0 Å². The molecule has 0 fully saturated rings. The summed E-state index contributed by atoms with van der Waals surface area (Å²) in [7, 11) is 0. The number of ketones is 2. The van der Waals surface area contributed by atoms with Gasteiger partial charge in [0, 0.05) is 23.0 Å². The SMILES string of the molecule is CCOC(=O)C(=O)CC(=O)c1c[nH]c2cc(Cl)c(Cc3ccccc3F)cc2c1=O. The number of hydrogen-bond donors (Lipinski definition) is 1. The van der Waals surface area contributed by atoms with E-state index in [1.807, 2.05) is 0 Å². The lowest BCUT2D eigenvalue weighted by Crippen LogP contribution is -2.24. The largest absolute Gasteiger partial charge is 0.460 e. The smallest absolute Gasteiger partial charge is 0.375 e. The second-order valence-electron chi connectivity index (χ2n) is 6.53. The first-order valence-electron chi connectivity index (χ1n) is 9.12. The molecule has 0 saturated heterocycles. The van der Waals surface area contributed by atoms with Crippen LogP contribution >= 0.6 is 11.6 Å². The van der Waals surface area contributed by atoms with Crippen molar-refractivity contribution >= 4 is 40.0 Å². The molecule has 0 radical (unpaired) electrons. The first kappa shape index (κ1) is 21.4. The molecule has 1 N–H and O–H groups in total. The average molecular weight is 430 g/mol. The predicted octanol–water partition coefficient (Wildman–Crippen LogP) is 3.62. The van der Waals surface area contributed by atoms with Gasteiger partial charge in [-0.15, -0.1) is 0 Å². The number of aromatic nitrogens is 1. The molecule has 0 aliphatic carbocycles. The molecule has 0 aliphatic heterocycles. The van der Waals surface area contributed by atoms with Gasteiger partial charge in [0.15, 0.2) is 11.2 Å². The first-order valence-corrected chi connectivity index (χ1v) is 9.50. The topological polar surface area (TPSA) is 93.3 Å². The number of pyridine rings is 1. The number of carbonyl (C=O) groups excluding carboxylic acids is 3. The zero-order valence-electron chi connectivity index (χ0n) is 16.0. The van der Waals surface area contributed by atoms with E-state index < -0.39 is 35.2 Å². The third kappa shape index (κ3) is 4.46. The Balaban J connectivity index is 1.96. The van der Waals surface area contributed by atoms with Gasteiger partial charge in [0.25, 0.3) is 0 Å². The summed E-state index contributed by atoms with van der Waals surface area (Å²) in [6, 6.07) is 9.22. The van der Waals surface area contributed by atoms with Crippen LogP contribution in [0.1, 0.15) is 34.8 Å². The molecular weight excluding hydrogens is 413 g/mol. The summed E-state index contributed by atoms with van der Waals surface area (Å²) in [6.07, 6.45) is 0.557. The van der Waals surface area contributed by atoms with Gasteiger partial charge < -0.3 is 9.72 Å². The fourth-order valence-corrected chi connectivity index (χ4v) is 3.23. The fourth-order valence-electron chi connectivity index (χ4n) is 3.00. The Kier molecular flexibility index (Phi) is 6.42. The molecule has 1 aromatic heterocycles. The zero-order valence-corrected chi connectivity index (χ0v) is 16.7. The van der Waals surface area contributed by atoms with Crippen molar-refractivity contribution in [1.29, 1.82) is 0 Å². The Bertz CT molecular complexity index is 1220. The molecule has 154 valence electrons. The minimum atomic E-state index is -1.12. The van der Waals surface area contributed by atoms with E-state index in [0.29, 0.717) is 21.7 Å². The molecule has 0 aliphatic rings. The Hall–Kier alpha value is -3.32. The molecule has 0 saturated carbocycles. The monoisotopic (exact) mass is 429 g/mol. The number of rotatable bonds is 7. The van der Waals surface area contributed by atoms with Crippen LogP contribution in [0.3, 0.4) is 0 Å². The van der Waals surface area contributed by atoms with Crippen LogP contribution in [0.2, 0.25) is 5.02 Å². The number of carbonyl (C=O) groups is 3. The number of benzene rings is 2. The number of ether oxygens (including phenoxy) is 1. The zero-order chi connectivity index (χ0) is 21.8. The lowest BCUT2D eigenvalue weighted by Gasteiger charge is -2.09. The van der Waals surface area contributed by atoms with E-state index in [1.54, 1.807) is 18.2 Å². The number of aromatic amines is 1. The number of Topliss-reactive ketones (excluding diaryl/α,β-unsaturated/α-hetero) is 2. The summed E-state index contributed by atoms with van der Waals surface area (Å²) in [6.45, 7) is 1.53. The summed E-state index contributed by atoms with van der Waals surface area (Å²) >= 11 is 6.29. The molecule has 0 bridgehead atoms. The Morgan fingerprint density at radius 3 is 2.57 bits per heavy atom. The highest BCUT2D eigenvalue weighted by Crippen LogP contribution is 2.25. The maximum Gasteiger partial charge on any atom is 0.375 e. The van der Waals surface area contributed by atoms with Gasteiger partial charge in [0.1, 0.15) is 5.82 Å². The van der Waals surface area contributed by atoms with Gasteiger partial charge in [-0.05, 0) is 36.2 Å². The number of esters is 1. The number of nitrogens with one attached hydrogen (secondary N) is 1. The Labute approximate surface area is 175 Å². The van der Waals surface area contributed by atoms with Gasteiger partial charge >= 0.3 is 5.97 Å². The van der Waals surface area contributed by atoms with E-state index in [1.165, 1.54) is 31.3 Å². The van der Waals surface area contributed by atoms with Gasteiger partial charge in [-0.3, -0.25) is 14.4 Å². The predicted molar refractivity (Wildman–Crippen MR) is 109 cm³/mol. The van der Waals surface area contributed by atoms with Crippen molar-refractivity contribution in [3.8, 4) is 0 Å². The molecule has 0 amide bonds. The molecule has 8 heteroatoms. The summed E-state index contributed by atoms with van der Waals surface area (Å²) in [5.41, 5.74) is 0.418. The van der Waals surface area contributed by atoms with E-state index in [0.717, 1.165) is 0 Å². The van der Waals surface area contributed by atoms with Crippen molar-refractivity contribution in [3.63, 3.8) is 0 Å². The molecule has 6 nitrogen and oxygen atoms in total. The Morgan fingerprint density at radius 1 is 1.13 bits per heavy atom. The van der Waals surface area contributed by atoms with Crippen molar-refractivity contribution in [1.82, 2.24) is 4.98 Å². The highest BCUT2D eigenvalue weighted by Gasteiger charge is 2.22. The third-order valence-electron chi connectivity index (χ3n) is 4.51. The van der Waals surface area contributed by atoms with Crippen LogP contribution < -0.4 is 5.43 Å². The first-order chi connectivity index (χ1) is 14.3. The van der Waals surface area contributed by atoms with Crippen molar-refractivity contribution in [2.75, 3.05) is 6.61 Å². The van der Waals surface area contributed by atoms with Gasteiger partial charge in [-0.1, -0.05) is 29.8 Å². The fraction of sp³-hybridized carbons (Fsp3) is 0.182. The normalized spacial score (nSPS) is 10.8. The van der Waals surface area contributed by atoms with Gasteiger partial charge in [0.2, 0.25) is 5.78 Å². The summed E-state index contributed by atoms with van der Waals surface area (Å²) in [4.78, 5) is 51.2. The van der Waals surface area contributed by atoms with E-state index in [9.17, 15) is 23.6 Å². The van der Waals surface area contributed by atoms with Crippen LogP contribution in [0.4, 0.5) is 4.39 Å². The van der Waals surface area contributed by atoms with Crippen LogP contribution in [0.15, 0.2) is 47.4 Å². The van der Waals surface area contributed by atoms with Crippen LogP contribution in [0.25, 0.3) is 10.9 Å². The van der Waals surface area contributed by atoms with Crippen LogP contribution in [-0.4, -0.2) is 29.1 Å². The summed E-state index contributed by atoms with van der Waals surface area (Å²) < 4.78 is 18.6. The van der Waals surface area contributed by atoms with E-state index in [-0.39, 0.29) is 24.0 Å². The molecule has 3 rings (SSSR count). The standard InChI is InChI=1S/C22H17ClFNO5/c1-2-30-22(29)20(27)10-19(26)15-11-25-18-9-16(23)13(8-14(18)21(15)28)7-12-5-3-4-6-17(12)24/h3-6,8-9,11H,2,7,10H2,1H3,(H,25,28). The number of H-pyrrole nitrogens is 1. The van der Waals surface area contributed by atoms with Crippen LogP contribution in [0, 0.1) is 5.82 Å². The second kappa shape index (κ2) is 9.00. The highest BCUT2D eigenvalue weighted by atomic mass is 35.5. The molecule has 0 spiro atoms. The van der Waals surface area contributed by atoms with E-state index in [4.69, 9.17) is 11.6 Å². The molecule has 3 aromatic rings. The van der Waals surface area contributed by atoms with Crippen LogP contribution in [0.5, 0.6) is 0 Å². The summed E-state index contributed by atoms with van der Waals surface area (Å²) in [5.74, 6) is -3.36. The maximum atomic E-state index is 14.0. The number of halogens is 2. The van der Waals surface area contributed by atoms with Crippen molar-refractivity contribution in [2.24, 2.45) is 0 Å². The second-order valence-corrected chi connectivity index (χ2v) is 6.94. The lowest BCUT2D eigenvalue weighted by atomic mass is 10.00. The maximum absolute atomic E-state index is 14.0. The molecule has 1 heterocycles. The van der Waals surface area contributed by atoms with Gasteiger partial charge in [-0.25, -0.2) is 9.18 Å². The van der Waals surface area contributed by atoms with Crippen molar-refractivity contribution in [2.45, 2.75) is 19.8 Å². The minimum absolute atomic E-state index is 0.000860. The van der Waals surface area contributed by atoms with Crippen LogP contribution in [-0.2, 0) is 20.7 Å². The Morgan fingerprint density at radius 2 is 1.87 bits per heavy atom. The minimum Gasteiger partial charge on any atom is -0.460 e. The highest BCUT2D eigenvalue weighted by molar-refractivity contribution is 6.38. The van der Waals surface area contributed by atoms with Crippen molar-refractivity contribution in [3.05, 3.63) is 80.3 Å². The molecule has 0 unspecified atom stereocenters. The molecule has 30 heavy (non-hydrogen) atoms. The van der Waals surface area contributed by atoms with E-state index in [2.05, 4.69) is 9.72 Å². The number of hydrogen-bond acceptors (Lipinski definition) is 5.